The summed E-state index contributed by atoms with van der Waals surface area (Å²) in [6.45, 7) is 7.51. The number of urea groups is 1. The molecule has 0 atom stereocenters. The maximum absolute atomic E-state index is 11.7. The number of carbonyl (C=O) groups is 1. The largest absolute Gasteiger partial charge is 0.421 e. The predicted octanol–water partition coefficient (Wildman–Crippen LogP) is 2.97. The van der Waals surface area contributed by atoms with Gasteiger partial charge in [-0.25, -0.2) is 4.79 Å². The zero-order valence-electron chi connectivity index (χ0n) is 12.0. The molecule has 2 N–H and O–H groups in total. The van der Waals surface area contributed by atoms with Gasteiger partial charge < -0.3 is 15.1 Å². The van der Waals surface area contributed by atoms with E-state index in [1.165, 1.54) is 0 Å². The maximum atomic E-state index is 11.7. The van der Waals surface area contributed by atoms with Gasteiger partial charge in [-0.1, -0.05) is 0 Å². The van der Waals surface area contributed by atoms with Gasteiger partial charge in [0.25, 0.3) is 0 Å². The lowest BCUT2D eigenvalue weighted by Gasteiger charge is -2.20. The van der Waals surface area contributed by atoms with Crippen LogP contribution in [0.1, 0.15) is 26.7 Å². The fourth-order valence-corrected chi connectivity index (χ4v) is 1.61. The lowest BCUT2D eigenvalue weighted by molar-refractivity contribution is 0.244. The monoisotopic (exact) mass is 274 g/mol. The highest BCUT2D eigenvalue weighted by atomic mass is 16.4. The third kappa shape index (κ3) is 3.81. The molecule has 1 aromatic heterocycles. The maximum Gasteiger partial charge on any atom is 0.319 e. The zero-order valence-corrected chi connectivity index (χ0v) is 12.0. The number of amides is 2. The van der Waals surface area contributed by atoms with Crippen LogP contribution in [0.3, 0.4) is 0 Å². The Balaban J connectivity index is 2.03. The number of benzene rings is 1. The highest BCUT2D eigenvalue weighted by Crippen LogP contribution is 2.20. The number of carbonyl (C=O) groups excluding carboxylic acids is 1. The van der Waals surface area contributed by atoms with Crippen molar-refractivity contribution in [3.63, 3.8) is 0 Å². The van der Waals surface area contributed by atoms with Gasteiger partial charge in [0.1, 0.15) is 0 Å². The number of hydrogen-bond acceptors (Lipinski definition) is 4. The molecule has 0 fully saturated rings. The molecule has 0 aliphatic rings. The number of nitrogens with one attached hydrogen (secondary N) is 2. The fraction of sp³-hybridized carbons (Fsp3) is 0.357. The van der Waals surface area contributed by atoms with Crippen molar-refractivity contribution in [3.8, 4) is 11.5 Å². The van der Waals surface area contributed by atoms with Crippen LogP contribution in [0.4, 0.5) is 10.5 Å². The first kappa shape index (κ1) is 14.0. The molecule has 20 heavy (non-hydrogen) atoms. The van der Waals surface area contributed by atoms with Crippen LogP contribution >= 0.6 is 0 Å². The van der Waals surface area contributed by atoms with E-state index in [2.05, 4.69) is 20.8 Å². The van der Waals surface area contributed by atoms with E-state index in [-0.39, 0.29) is 11.6 Å². The molecule has 0 saturated heterocycles. The summed E-state index contributed by atoms with van der Waals surface area (Å²) in [6, 6.07) is 6.98. The van der Waals surface area contributed by atoms with Crippen LogP contribution in [0.2, 0.25) is 0 Å². The van der Waals surface area contributed by atoms with Crippen molar-refractivity contribution in [2.24, 2.45) is 0 Å². The van der Waals surface area contributed by atoms with Gasteiger partial charge in [0, 0.05) is 23.7 Å². The van der Waals surface area contributed by atoms with Crippen LogP contribution in [0, 0.1) is 6.92 Å². The molecular formula is C14H18N4O2. The Hall–Kier alpha value is -2.37. The summed E-state index contributed by atoms with van der Waals surface area (Å²) in [4.78, 5) is 11.7. The minimum Gasteiger partial charge on any atom is -0.421 e. The number of rotatable bonds is 2. The number of nitrogens with zero attached hydrogens (tertiary/aromatic N) is 2. The Morgan fingerprint density at radius 3 is 2.30 bits per heavy atom. The van der Waals surface area contributed by atoms with E-state index in [0.717, 1.165) is 5.56 Å². The molecule has 0 spiro atoms. The molecule has 0 aliphatic heterocycles. The van der Waals surface area contributed by atoms with Crippen molar-refractivity contribution in [2.75, 3.05) is 5.32 Å². The van der Waals surface area contributed by atoms with Crippen LogP contribution in [-0.4, -0.2) is 21.8 Å². The molecule has 6 nitrogen and oxygen atoms in total. The van der Waals surface area contributed by atoms with Crippen molar-refractivity contribution in [3.05, 3.63) is 30.2 Å². The molecule has 0 unspecified atom stereocenters. The molecule has 2 aromatic rings. The third-order valence-corrected chi connectivity index (χ3v) is 2.40. The number of anilines is 1. The van der Waals surface area contributed by atoms with Crippen LogP contribution in [0.15, 0.2) is 28.7 Å². The molecule has 1 aromatic carbocycles. The second-order valence-electron chi connectivity index (χ2n) is 5.53. The molecular weight excluding hydrogens is 256 g/mol. The van der Waals surface area contributed by atoms with Crippen LogP contribution in [0.5, 0.6) is 0 Å². The Bertz CT molecular complexity index is 596. The highest BCUT2D eigenvalue weighted by Gasteiger charge is 2.13. The summed E-state index contributed by atoms with van der Waals surface area (Å²) in [5.74, 6) is 0.986. The van der Waals surface area contributed by atoms with E-state index in [0.29, 0.717) is 17.5 Å². The van der Waals surface area contributed by atoms with Gasteiger partial charge in [0.2, 0.25) is 11.8 Å². The average Bonchev–Trinajstić information content (AvgIpc) is 2.74. The lowest BCUT2D eigenvalue weighted by atomic mass is 10.1. The summed E-state index contributed by atoms with van der Waals surface area (Å²) in [7, 11) is 0. The molecule has 2 amide bonds. The summed E-state index contributed by atoms with van der Waals surface area (Å²) in [6.07, 6.45) is 0. The third-order valence-electron chi connectivity index (χ3n) is 2.40. The second-order valence-corrected chi connectivity index (χ2v) is 5.53. The number of hydrogen-bond donors (Lipinski definition) is 2. The van der Waals surface area contributed by atoms with E-state index in [1.54, 1.807) is 19.1 Å². The summed E-state index contributed by atoms with van der Waals surface area (Å²) < 4.78 is 5.33. The second kappa shape index (κ2) is 5.32. The molecule has 2 rings (SSSR count). The predicted molar refractivity (Wildman–Crippen MR) is 76.4 cm³/mol. The van der Waals surface area contributed by atoms with Crippen molar-refractivity contribution in [1.29, 1.82) is 0 Å². The Morgan fingerprint density at radius 1 is 1.15 bits per heavy atom. The Morgan fingerprint density at radius 2 is 1.80 bits per heavy atom. The van der Waals surface area contributed by atoms with Crippen molar-refractivity contribution in [2.45, 2.75) is 33.2 Å². The molecule has 6 heteroatoms. The van der Waals surface area contributed by atoms with Crippen molar-refractivity contribution in [1.82, 2.24) is 15.5 Å². The smallest absolute Gasteiger partial charge is 0.319 e. The first-order valence-corrected chi connectivity index (χ1v) is 6.33. The van der Waals surface area contributed by atoms with Gasteiger partial charge in [0.15, 0.2) is 0 Å². The molecule has 0 saturated carbocycles. The van der Waals surface area contributed by atoms with Gasteiger partial charge in [-0.05, 0) is 45.0 Å². The van der Waals surface area contributed by atoms with Crippen LogP contribution in [0.25, 0.3) is 11.5 Å². The number of aromatic nitrogens is 2. The molecule has 0 radical (unpaired) electrons. The van der Waals surface area contributed by atoms with Crippen molar-refractivity contribution < 1.29 is 9.21 Å². The SMILES string of the molecule is Cc1nnc(-c2ccc(NC(=O)NC(C)(C)C)cc2)o1. The quantitative estimate of drug-likeness (QED) is 0.882. The number of aryl methyl sites for hydroxylation is 1. The highest BCUT2D eigenvalue weighted by molar-refractivity contribution is 5.89. The lowest BCUT2D eigenvalue weighted by Crippen LogP contribution is -2.43. The Labute approximate surface area is 117 Å². The van der Waals surface area contributed by atoms with E-state index in [4.69, 9.17) is 4.42 Å². The Kier molecular flexibility index (Phi) is 3.74. The molecule has 1 heterocycles. The first-order chi connectivity index (χ1) is 9.33. The van der Waals surface area contributed by atoms with Gasteiger partial charge in [-0.15, -0.1) is 10.2 Å². The molecule has 0 aliphatic carbocycles. The van der Waals surface area contributed by atoms with Crippen LogP contribution < -0.4 is 10.6 Å². The summed E-state index contributed by atoms with van der Waals surface area (Å²) in [5, 5.41) is 13.3. The molecule has 106 valence electrons. The fourth-order valence-electron chi connectivity index (χ4n) is 1.61. The normalized spacial score (nSPS) is 11.2. The topological polar surface area (TPSA) is 80.0 Å². The van der Waals surface area contributed by atoms with E-state index < -0.39 is 0 Å². The van der Waals surface area contributed by atoms with Gasteiger partial charge in [-0.2, -0.15) is 0 Å². The van der Waals surface area contributed by atoms with Crippen molar-refractivity contribution >= 4 is 11.7 Å². The van der Waals surface area contributed by atoms with Gasteiger partial charge in [0.05, 0.1) is 0 Å². The van der Waals surface area contributed by atoms with Gasteiger partial charge in [-0.3, -0.25) is 0 Å². The van der Waals surface area contributed by atoms with Gasteiger partial charge >= 0.3 is 6.03 Å². The van der Waals surface area contributed by atoms with Crippen LogP contribution in [-0.2, 0) is 0 Å². The summed E-state index contributed by atoms with van der Waals surface area (Å²) in [5.41, 5.74) is 1.24. The minimum absolute atomic E-state index is 0.237. The van der Waals surface area contributed by atoms with E-state index >= 15 is 0 Å². The zero-order chi connectivity index (χ0) is 14.8. The van der Waals surface area contributed by atoms with E-state index in [9.17, 15) is 4.79 Å². The minimum atomic E-state index is -0.273. The first-order valence-electron chi connectivity index (χ1n) is 6.33. The molecule has 0 bridgehead atoms. The average molecular weight is 274 g/mol. The van der Waals surface area contributed by atoms with E-state index in [1.807, 2.05) is 32.9 Å². The standard InChI is InChI=1S/C14H18N4O2/c1-9-17-18-12(20-9)10-5-7-11(8-6-10)15-13(19)16-14(2,3)4/h5-8H,1-4H3,(H2,15,16,19). The summed E-state index contributed by atoms with van der Waals surface area (Å²) >= 11 is 0.